The van der Waals surface area contributed by atoms with Crippen LogP contribution in [0.1, 0.15) is 31.4 Å². The molecule has 2 bridgehead atoms. The Labute approximate surface area is 149 Å². The molecule has 0 saturated carbocycles. The van der Waals surface area contributed by atoms with Gasteiger partial charge < -0.3 is 4.74 Å². The SMILES string of the molecule is C=C[C@H]1CN2CC[C@H]1C[C@H]2[C@H](OC#CC)c1ccnc2ccccc12. The molecule has 3 aliphatic rings. The lowest BCUT2D eigenvalue weighted by Gasteiger charge is -2.50. The van der Waals surface area contributed by atoms with Crippen molar-refractivity contribution >= 4 is 10.9 Å². The van der Waals surface area contributed by atoms with Crippen LogP contribution in [0.3, 0.4) is 0 Å². The van der Waals surface area contributed by atoms with E-state index in [0.717, 1.165) is 30.4 Å². The molecule has 5 rings (SSSR count). The van der Waals surface area contributed by atoms with Crippen molar-refractivity contribution in [2.45, 2.75) is 31.9 Å². The van der Waals surface area contributed by atoms with Crippen molar-refractivity contribution in [3.63, 3.8) is 0 Å². The van der Waals surface area contributed by atoms with Crippen molar-refractivity contribution in [3.05, 3.63) is 54.7 Å². The Kier molecular flexibility index (Phi) is 4.46. The van der Waals surface area contributed by atoms with Gasteiger partial charge in [-0.05, 0) is 43.4 Å². The number of ether oxygens (including phenoxy) is 1. The standard InChI is InChI=1S/C22H24N2O/c1-3-13-25-22(19-9-11-23-20-8-6-5-7-18(19)20)21-14-17-10-12-24(21)15-16(17)4-2/h4-9,11,16-17,21-22H,2,10,12,14-15H2,1H3/t16-,17-,21-,22+/m0/s1. The first-order valence-corrected chi connectivity index (χ1v) is 9.09. The number of pyridine rings is 1. The van der Waals surface area contributed by atoms with Crippen molar-refractivity contribution in [1.29, 1.82) is 0 Å². The summed E-state index contributed by atoms with van der Waals surface area (Å²) in [7, 11) is 0. The van der Waals surface area contributed by atoms with Crippen LogP contribution in [0.25, 0.3) is 10.9 Å². The summed E-state index contributed by atoms with van der Waals surface area (Å²) in [4.78, 5) is 7.08. The number of benzene rings is 1. The van der Waals surface area contributed by atoms with Gasteiger partial charge in [-0.25, -0.2) is 0 Å². The van der Waals surface area contributed by atoms with Crippen LogP contribution in [0.15, 0.2) is 49.2 Å². The molecule has 128 valence electrons. The summed E-state index contributed by atoms with van der Waals surface area (Å²) < 4.78 is 6.09. The van der Waals surface area contributed by atoms with Crippen LogP contribution in [-0.4, -0.2) is 29.0 Å². The number of para-hydroxylation sites is 1. The van der Waals surface area contributed by atoms with Gasteiger partial charge in [0.1, 0.15) is 6.11 Å². The highest BCUT2D eigenvalue weighted by Gasteiger charge is 2.43. The van der Waals surface area contributed by atoms with Gasteiger partial charge in [-0.3, -0.25) is 9.88 Å². The number of piperidine rings is 3. The Balaban J connectivity index is 1.73. The van der Waals surface area contributed by atoms with Crippen molar-refractivity contribution in [1.82, 2.24) is 9.88 Å². The number of rotatable bonds is 4. The number of fused-ring (bicyclic) bond motifs is 4. The third-order valence-corrected chi connectivity index (χ3v) is 5.78. The van der Waals surface area contributed by atoms with E-state index >= 15 is 0 Å². The van der Waals surface area contributed by atoms with Crippen LogP contribution in [0.4, 0.5) is 0 Å². The van der Waals surface area contributed by atoms with Gasteiger partial charge in [0.05, 0.1) is 11.6 Å². The number of hydrogen-bond donors (Lipinski definition) is 0. The van der Waals surface area contributed by atoms with Gasteiger partial charge in [0.2, 0.25) is 0 Å². The average Bonchev–Trinajstić information content (AvgIpc) is 2.69. The van der Waals surface area contributed by atoms with Gasteiger partial charge >= 0.3 is 0 Å². The minimum absolute atomic E-state index is 0.0473. The fourth-order valence-electron chi connectivity index (χ4n) is 4.53. The molecule has 5 atom stereocenters. The van der Waals surface area contributed by atoms with Crippen LogP contribution in [0, 0.1) is 23.9 Å². The van der Waals surface area contributed by atoms with Crippen molar-refractivity contribution in [2.24, 2.45) is 11.8 Å². The highest BCUT2D eigenvalue weighted by atomic mass is 16.5. The molecular formula is C22H24N2O. The van der Waals surface area contributed by atoms with Crippen LogP contribution < -0.4 is 0 Å². The van der Waals surface area contributed by atoms with E-state index in [2.05, 4.69) is 58.8 Å². The van der Waals surface area contributed by atoms with E-state index < -0.39 is 0 Å². The molecule has 0 N–H and O–H groups in total. The zero-order valence-electron chi connectivity index (χ0n) is 14.7. The summed E-state index contributed by atoms with van der Waals surface area (Å²) in [5.41, 5.74) is 2.21. The molecule has 3 fully saturated rings. The fourth-order valence-corrected chi connectivity index (χ4v) is 4.53. The molecule has 0 aliphatic carbocycles. The lowest BCUT2D eigenvalue weighted by Crippen LogP contribution is -2.55. The van der Waals surface area contributed by atoms with Gasteiger partial charge in [-0.1, -0.05) is 30.2 Å². The highest BCUT2D eigenvalue weighted by molar-refractivity contribution is 5.82. The second-order valence-electron chi connectivity index (χ2n) is 7.05. The fraction of sp³-hybridized carbons (Fsp3) is 0.409. The van der Waals surface area contributed by atoms with E-state index in [1.807, 2.05) is 19.2 Å². The third kappa shape index (κ3) is 2.92. The number of nitrogens with zero attached hydrogens (tertiary/aromatic N) is 2. The summed E-state index contributed by atoms with van der Waals surface area (Å²) >= 11 is 0. The van der Waals surface area contributed by atoms with E-state index in [1.165, 1.54) is 12.0 Å². The van der Waals surface area contributed by atoms with Crippen LogP contribution in [0.2, 0.25) is 0 Å². The van der Waals surface area contributed by atoms with E-state index in [9.17, 15) is 0 Å². The summed E-state index contributed by atoms with van der Waals surface area (Å²) in [5, 5.41) is 1.16. The molecule has 0 spiro atoms. The van der Waals surface area contributed by atoms with Crippen LogP contribution in [0.5, 0.6) is 0 Å². The van der Waals surface area contributed by atoms with Gasteiger partial charge in [0.25, 0.3) is 0 Å². The predicted octanol–water partition coefficient (Wildman–Crippen LogP) is 4.17. The van der Waals surface area contributed by atoms with E-state index in [4.69, 9.17) is 4.74 Å². The normalized spacial score (nSPS) is 28.8. The molecule has 3 nitrogen and oxygen atoms in total. The zero-order chi connectivity index (χ0) is 17.2. The molecule has 1 aromatic heterocycles. The Morgan fingerprint density at radius 3 is 3.00 bits per heavy atom. The lowest BCUT2D eigenvalue weighted by atomic mass is 9.73. The molecule has 2 aromatic rings. The Morgan fingerprint density at radius 2 is 2.24 bits per heavy atom. The molecule has 3 saturated heterocycles. The summed E-state index contributed by atoms with van der Waals surface area (Å²) in [6.07, 6.45) is 9.25. The van der Waals surface area contributed by atoms with E-state index in [0.29, 0.717) is 17.9 Å². The monoisotopic (exact) mass is 332 g/mol. The summed E-state index contributed by atoms with van der Waals surface area (Å²) in [5.74, 6) is 4.21. The van der Waals surface area contributed by atoms with Gasteiger partial charge in [-0.15, -0.1) is 6.58 Å². The Morgan fingerprint density at radius 1 is 1.36 bits per heavy atom. The first-order chi connectivity index (χ1) is 12.3. The van der Waals surface area contributed by atoms with Crippen molar-refractivity contribution in [3.8, 4) is 12.0 Å². The minimum Gasteiger partial charge on any atom is -0.437 e. The summed E-state index contributed by atoms with van der Waals surface area (Å²) in [6.45, 7) is 8.08. The van der Waals surface area contributed by atoms with Crippen molar-refractivity contribution < 1.29 is 4.74 Å². The van der Waals surface area contributed by atoms with E-state index in [-0.39, 0.29) is 6.10 Å². The smallest absolute Gasteiger partial charge is 0.152 e. The van der Waals surface area contributed by atoms with E-state index in [1.54, 1.807) is 0 Å². The molecule has 1 aromatic carbocycles. The molecule has 25 heavy (non-hydrogen) atoms. The molecule has 4 heterocycles. The topological polar surface area (TPSA) is 25.4 Å². The van der Waals surface area contributed by atoms with Gasteiger partial charge in [-0.2, -0.15) is 0 Å². The molecule has 1 unspecified atom stereocenters. The highest BCUT2D eigenvalue weighted by Crippen LogP contribution is 2.43. The molecule has 3 aliphatic heterocycles. The third-order valence-electron chi connectivity index (χ3n) is 5.78. The maximum atomic E-state index is 6.09. The zero-order valence-corrected chi connectivity index (χ0v) is 14.7. The first-order valence-electron chi connectivity index (χ1n) is 9.09. The molecule has 0 radical (unpaired) electrons. The number of hydrogen-bond acceptors (Lipinski definition) is 3. The first kappa shape index (κ1) is 16.2. The maximum absolute atomic E-state index is 6.09. The second-order valence-corrected chi connectivity index (χ2v) is 7.05. The Hall–Kier alpha value is -2.31. The minimum atomic E-state index is -0.0473. The number of aromatic nitrogens is 1. The lowest BCUT2D eigenvalue weighted by molar-refractivity contribution is -0.0443. The van der Waals surface area contributed by atoms with Crippen molar-refractivity contribution in [2.75, 3.05) is 13.1 Å². The average molecular weight is 332 g/mol. The van der Waals surface area contributed by atoms with Crippen LogP contribution >= 0.6 is 0 Å². The maximum Gasteiger partial charge on any atom is 0.152 e. The molecular weight excluding hydrogens is 308 g/mol. The summed E-state index contributed by atoms with van der Waals surface area (Å²) in [6, 6.07) is 10.7. The largest absolute Gasteiger partial charge is 0.437 e. The van der Waals surface area contributed by atoms with Crippen LogP contribution in [-0.2, 0) is 4.74 Å². The Bertz CT molecular complexity index is 829. The predicted molar refractivity (Wildman–Crippen MR) is 101 cm³/mol. The quantitative estimate of drug-likeness (QED) is 0.621. The second kappa shape index (κ2) is 6.90. The van der Waals surface area contributed by atoms with Gasteiger partial charge in [0, 0.05) is 30.6 Å². The molecule has 3 heteroatoms. The molecule has 0 amide bonds. The van der Waals surface area contributed by atoms with Gasteiger partial charge in [0.15, 0.2) is 6.10 Å².